The van der Waals surface area contributed by atoms with E-state index in [4.69, 9.17) is 0 Å². The average molecular weight is 715 g/mol. The molecule has 0 unspecified atom stereocenters. The number of thiophene rings is 1. The summed E-state index contributed by atoms with van der Waals surface area (Å²) >= 11 is 1.92. The Kier molecular flexibility index (Phi) is 5.80. The first-order chi connectivity index (χ1) is 27.3. The van der Waals surface area contributed by atoms with E-state index in [1.165, 1.54) is 119 Å². The Morgan fingerprint density at radius 2 is 0.873 bits per heavy atom. The van der Waals surface area contributed by atoms with Crippen LogP contribution in [0.4, 0.5) is 0 Å². The van der Waals surface area contributed by atoms with Crippen LogP contribution in [0.5, 0.6) is 0 Å². The van der Waals surface area contributed by atoms with Gasteiger partial charge in [-0.1, -0.05) is 140 Å². The maximum absolute atomic E-state index is 2.55. The summed E-state index contributed by atoms with van der Waals surface area (Å²) in [6.45, 7) is 0. The third-order valence-electron chi connectivity index (χ3n) is 12.0. The summed E-state index contributed by atoms with van der Waals surface area (Å²) < 4.78 is 7.67. The molecule has 3 aromatic heterocycles. The lowest BCUT2D eigenvalue weighted by Crippen LogP contribution is -1.96. The third kappa shape index (κ3) is 3.82. The Morgan fingerprint density at radius 3 is 1.65 bits per heavy atom. The molecule has 0 bridgehead atoms. The monoisotopic (exact) mass is 714 g/mol. The van der Waals surface area contributed by atoms with Gasteiger partial charge in [-0.3, -0.25) is 0 Å². The topological polar surface area (TPSA) is 9.86 Å². The zero-order valence-corrected chi connectivity index (χ0v) is 30.4. The molecule has 1 aliphatic rings. The summed E-state index contributed by atoms with van der Waals surface area (Å²) in [5.74, 6) is 0. The molecule has 0 amide bonds. The van der Waals surface area contributed by atoms with Gasteiger partial charge >= 0.3 is 0 Å². The van der Waals surface area contributed by atoms with Crippen molar-refractivity contribution in [3.63, 3.8) is 0 Å². The molecule has 13 rings (SSSR count). The molecule has 254 valence electrons. The Balaban J connectivity index is 1.18. The quantitative estimate of drug-likeness (QED) is 0.172. The Bertz CT molecular complexity index is 3570. The summed E-state index contributed by atoms with van der Waals surface area (Å²) in [7, 11) is 0. The highest BCUT2D eigenvalue weighted by molar-refractivity contribution is 7.27. The van der Waals surface area contributed by atoms with Crippen molar-refractivity contribution in [3.05, 3.63) is 182 Å². The van der Waals surface area contributed by atoms with Crippen LogP contribution in [0.15, 0.2) is 182 Å². The van der Waals surface area contributed by atoms with Crippen LogP contribution in [-0.4, -0.2) is 9.13 Å². The normalized spacial score (nSPS) is 12.4. The first-order valence-electron chi connectivity index (χ1n) is 18.9. The van der Waals surface area contributed by atoms with Gasteiger partial charge in [0, 0.05) is 48.4 Å². The largest absolute Gasteiger partial charge is 0.309 e. The van der Waals surface area contributed by atoms with Crippen molar-refractivity contribution in [1.29, 1.82) is 0 Å². The van der Waals surface area contributed by atoms with Crippen molar-refractivity contribution in [1.82, 2.24) is 9.13 Å². The van der Waals surface area contributed by atoms with Crippen molar-refractivity contribution < 1.29 is 0 Å². The van der Waals surface area contributed by atoms with Crippen molar-refractivity contribution in [3.8, 4) is 44.8 Å². The molecule has 3 heteroatoms. The first-order valence-corrected chi connectivity index (χ1v) is 19.8. The van der Waals surface area contributed by atoms with E-state index in [1.807, 2.05) is 11.3 Å². The predicted molar refractivity (Wildman–Crippen MR) is 235 cm³/mol. The second kappa shape index (κ2) is 10.8. The van der Waals surface area contributed by atoms with Crippen molar-refractivity contribution in [2.24, 2.45) is 0 Å². The Labute approximate surface area is 320 Å². The molecule has 0 saturated heterocycles. The highest BCUT2D eigenvalue weighted by Gasteiger charge is 2.27. The van der Waals surface area contributed by atoms with Gasteiger partial charge in [-0.2, -0.15) is 0 Å². The van der Waals surface area contributed by atoms with Gasteiger partial charge < -0.3 is 9.13 Å². The molecule has 0 fully saturated rings. The van der Waals surface area contributed by atoms with Crippen molar-refractivity contribution in [2.75, 3.05) is 0 Å². The fourth-order valence-corrected chi connectivity index (χ4v) is 11.1. The van der Waals surface area contributed by atoms with E-state index in [2.05, 4.69) is 191 Å². The number of nitrogens with zero attached hydrogens (tertiary/aromatic N) is 2. The number of para-hydroxylation sites is 3. The lowest BCUT2D eigenvalue weighted by molar-refractivity contribution is 1.18. The minimum atomic E-state index is 1.17. The van der Waals surface area contributed by atoms with Gasteiger partial charge in [0.2, 0.25) is 0 Å². The lowest BCUT2D eigenvalue weighted by Gasteiger charge is -2.14. The van der Waals surface area contributed by atoms with Crippen LogP contribution in [0.2, 0.25) is 0 Å². The minimum Gasteiger partial charge on any atom is -0.309 e. The molecule has 12 aromatic rings. The third-order valence-corrected chi connectivity index (χ3v) is 13.2. The van der Waals surface area contributed by atoms with E-state index >= 15 is 0 Å². The molecule has 55 heavy (non-hydrogen) atoms. The highest BCUT2D eigenvalue weighted by Crippen LogP contribution is 2.52. The van der Waals surface area contributed by atoms with Crippen LogP contribution in [0.1, 0.15) is 0 Å². The van der Waals surface area contributed by atoms with E-state index < -0.39 is 0 Å². The standard InChI is InChI=1S/C52H30N2S/c1-2-15-32(16-3-1)53-43-25-9-6-20-40(43)47-48-41-21-7-10-26-44(41)54(51(48)52-49(50(47)53)42-22-8-11-27-45(42)55-52)33-17-12-14-31(30-33)34-28-29-39-36-19-5-4-18-35(36)38-24-13-23-37(34)46(38)39/h1-30H. The van der Waals surface area contributed by atoms with Crippen LogP contribution < -0.4 is 0 Å². The Hall–Kier alpha value is -6.94. The number of fused-ring (bicyclic) bond motifs is 15. The summed E-state index contributed by atoms with van der Waals surface area (Å²) in [5.41, 5.74) is 15.1. The summed E-state index contributed by atoms with van der Waals surface area (Å²) in [6, 6.07) is 67.4. The van der Waals surface area contributed by atoms with E-state index in [-0.39, 0.29) is 0 Å². The van der Waals surface area contributed by atoms with Gasteiger partial charge in [-0.05, 0) is 86.6 Å². The Morgan fingerprint density at radius 1 is 0.327 bits per heavy atom. The summed E-state index contributed by atoms with van der Waals surface area (Å²) in [4.78, 5) is 0. The molecule has 0 radical (unpaired) electrons. The molecule has 0 spiro atoms. The first kappa shape index (κ1) is 29.5. The number of hydrogen-bond acceptors (Lipinski definition) is 1. The summed E-state index contributed by atoms with van der Waals surface area (Å²) in [5, 5.41) is 10.4. The zero-order valence-electron chi connectivity index (χ0n) is 29.6. The van der Waals surface area contributed by atoms with Gasteiger partial charge in [-0.25, -0.2) is 0 Å². The summed E-state index contributed by atoms with van der Waals surface area (Å²) in [6.07, 6.45) is 0. The lowest BCUT2D eigenvalue weighted by atomic mass is 9.94. The van der Waals surface area contributed by atoms with Crippen molar-refractivity contribution >= 4 is 85.9 Å². The molecular weight excluding hydrogens is 685 g/mol. The maximum atomic E-state index is 2.55. The predicted octanol–water partition coefficient (Wildman–Crippen LogP) is 14.7. The van der Waals surface area contributed by atoms with Gasteiger partial charge in [0.15, 0.2) is 0 Å². The highest BCUT2D eigenvalue weighted by atomic mass is 32.1. The van der Waals surface area contributed by atoms with Crippen LogP contribution in [0.25, 0.3) is 119 Å². The van der Waals surface area contributed by atoms with Crippen LogP contribution in [0, 0.1) is 0 Å². The second-order valence-electron chi connectivity index (χ2n) is 14.8. The van der Waals surface area contributed by atoms with E-state index in [9.17, 15) is 0 Å². The maximum Gasteiger partial charge on any atom is 0.0727 e. The zero-order chi connectivity index (χ0) is 35.8. The number of aromatic nitrogens is 2. The molecular formula is C52H30N2S. The van der Waals surface area contributed by atoms with E-state index in [1.54, 1.807) is 0 Å². The fourth-order valence-electron chi connectivity index (χ4n) is 9.87. The molecule has 3 heterocycles. The van der Waals surface area contributed by atoms with E-state index in [0.717, 1.165) is 0 Å². The van der Waals surface area contributed by atoms with Gasteiger partial charge in [0.05, 0.1) is 26.8 Å². The van der Waals surface area contributed by atoms with Crippen molar-refractivity contribution in [2.45, 2.75) is 0 Å². The molecule has 0 aliphatic heterocycles. The van der Waals surface area contributed by atoms with Gasteiger partial charge in [0.25, 0.3) is 0 Å². The number of hydrogen-bond donors (Lipinski definition) is 0. The van der Waals surface area contributed by atoms with Gasteiger partial charge in [0.1, 0.15) is 0 Å². The molecule has 2 nitrogen and oxygen atoms in total. The van der Waals surface area contributed by atoms with Gasteiger partial charge in [-0.15, -0.1) is 11.3 Å². The number of benzene rings is 9. The molecule has 0 saturated carbocycles. The smallest absolute Gasteiger partial charge is 0.0727 e. The van der Waals surface area contributed by atoms with Crippen LogP contribution in [0.3, 0.4) is 0 Å². The molecule has 9 aromatic carbocycles. The SMILES string of the molecule is c1ccc(-n2c3ccccc3c3c4c5ccccc5n(-c5cccc(-c6ccc7c8c(cccc68)-c6ccccc6-7)c5)c4c4sc5ccccc5c4c32)cc1. The van der Waals surface area contributed by atoms with E-state index in [0.29, 0.717) is 0 Å². The number of rotatable bonds is 3. The van der Waals surface area contributed by atoms with Crippen LogP contribution in [-0.2, 0) is 0 Å². The minimum absolute atomic E-state index is 1.17. The average Bonchev–Trinajstić information content (AvgIpc) is 3.99. The molecule has 0 atom stereocenters. The second-order valence-corrected chi connectivity index (χ2v) is 15.8. The molecule has 1 aliphatic carbocycles. The van der Waals surface area contributed by atoms with Crippen LogP contribution >= 0.6 is 11.3 Å². The molecule has 0 N–H and O–H groups in total. The fraction of sp³-hybridized carbons (Fsp3) is 0.